The van der Waals surface area contributed by atoms with Crippen LogP contribution in [0.3, 0.4) is 0 Å². The normalized spacial score (nSPS) is 10.3. The van der Waals surface area contributed by atoms with Crippen molar-refractivity contribution in [2.75, 3.05) is 17.7 Å². The molecule has 7 nitrogen and oxygen atoms in total. The van der Waals surface area contributed by atoms with E-state index in [1.54, 1.807) is 18.4 Å². The van der Waals surface area contributed by atoms with Gasteiger partial charge in [-0.3, -0.25) is 14.9 Å². The summed E-state index contributed by atoms with van der Waals surface area (Å²) in [7, 11) is 0. The highest BCUT2D eigenvalue weighted by molar-refractivity contribution is 8.01. The predicted molar refractivity (Wildman–Crippen MR) is 106 cm³/mol. The molecular formula is C18H21N3O4S2. The Morgan fingerprint density at radius 1 is 1.22 bits per heavy atom. The van der Waals surface area contributed by atoms with Crippen molar-refractivity contribution in [1.82, 2.24) is 10.3 Å². The van der Waals surface area contributed by atoms with Gasteiger partial charge in [0.25, 0.3) is 0 Å². The van der Waals surface area contributed by atoms with E-state index in [4.69, 9.17) is 4.74 Å². The topological polar surface area (TPSA) is 97.4 Å². The van der Waals surface area contributed by atoms with Gasteiger partial charge in [-0.1, -0.05) is 17.8 Å². The Balaban J connectivity index is 1.77. The van der Waals surface area contributed by atoms with Crippen LogP contribution in [0.4, 0.5) is 10.5 Å². The molecule has 2 aromatic rings. The fourth-order valence-electron chi connectivity index (χ4n) is 2.07. The number of rotatable bonds is 7. The first-order valence-electron chi connectivity index (χ1n) is 8.28. The van der Waals surface area contributed by atoms with Crippen LogP contribution in [-0.2, 0) is 20.7 Å². The molecule has 0 fully saturated rings. The predicted octanol–water partition coefficient (Wildman–Crippen LogP) is 3.31. The van der Waals surface area contributed by atoms with Gasteiger partial charge in [0.1, 0.15) is 0 Å². The molecule has 0 aliphatic heterocycles. The summed E-state index contributed by atoms with van der Waals surface area (Å²) in [5.74, 6) is -0.712. The van der Waals surface area contributed by atoms with Crippen molar-refractivity contribution in [2.45, 2.75) is 31.5 Å². The number of amides is 3. The lowest BCUT2D eigenvalue weighted by atomic mass is 10.1. The zero-order valence-electron chi connectivity index (χ0n) is 15.3. The van der Waals surface area contributed by atoms with Gasteiger partial charge in [-0.05, 0) is 44.0 Å². The third-order valence-electron chi connectivity index (χ3n) is 3.51. The summed E-state index contributed by atoms with van der Waals surface area (Å²) in [5, 5.41) is 6.67. The number of carbonyl (C=O) groups excluding carboxylic acids is 3. The van der Waals surface area contributed by atoms with Gasteiger partial charge in [-0.15, -0.1) is 11.3 Å². The largest absolute Gasteiger partial charge is 0.466 e. The molecule has 0 aliphatic carbocycles. The smallest absolute Gasteiger partial charge is 0.325 e. The van der Waals surface area contributed by atoms with Crippen LogP contribution in [0.5, 0.6) is 0 Å². The number of hydrogen-bond donors (Lipinski definition) is 2. The van der Waals surface area contributed by atoms with Crippen molar-refractivity contribution in [3.63, 3.8) is 0 Å². The molecule has 0 bridgehead atoms. The van der Waals surface area contributed by atoms with E-state index in [2.05, 4.69) is 15.6 Å². The summed E-state index contributed by atoms with van der Waals surface area (Å²) >= 11 is 2.55. The van der Waals surface area contributed by atoms with Crippen molar-refractivity contribution in [3.05, 3.63) is 40.4 Å². The number of nitrogens with zero attached hydrogens (tertiary/aromatic N) is 1. The number of anilines is 1. The Hall–Kier alpha value is -2.39. The maximum absolute atomic E-state index is 11.9. The average Bonchev–Trinajstić information content (AvgIpc) is 3.04. The monoisotopic (exact) mass is 407 g/mol. The van der Waals surface area contributed by atoms with Crippen molar-refractivity contribution >= 4 is 46.7 Å². The summed E-state index contributed by atoms with van der Waals surface area (Å²) in [5.41, 5.74) is 3.41. The van der Waals surface area contributed by atoms with Crippen LogP contribution < -0.4 is 10.6 Å². The third kappa shape index (κ3) is 7.03. The molecule has 2 rings (SSSR count). The summed E-state index contributed by atoms with van der Waals surface area (Å²) in [6.45, 7) is 6.01. The number of benzene rings is 1. The first-order valence-corrected chi connectivity index (χ1v) is 10.1. The number of urea groups is 1. The standard InChI is InChI=1S/C18H21N3O4S2/c1-4-25-16(23)8-14-9-26-18(20-14)27-10-15(22)21-17(24)19-13-6-5-11(2)12(3)7-13/h5-7,9H,4,8,10H2,1-3H3,(H2,19,21,22,24). The highest BCUT2D eigenvalue weighted by Gasteiger charge is 2.12. The van der Waals surface area contributed by atoms with Crippen LogP contribution in [-0.4, -0.2) is 35.3 Å². The van der Waals surface area contributed by atoms with Crippen LogP contribution in [0.25, 0.3) is 0 Å². The van der Waals surface area contributed by atoms with Crippen molar-refractivity contribution < 1.29 is 19.1 Å². The van der Waals surface area contributed by atoms with Gasteiger partial charge in [-0.25, -0.2) is 9.78 Å². The number of thioether (sulfide) groups is 1. The van der Waals surface area contributed by atoms with E-state index < -0.39 is 11.9 Å². The number of esters is 1. The second-order valence-electron chi connectivity index (χ2n) is 5.68. The van der Waals surface area contributed by atoms with Crippen molar-refractivity contribution in [2.24, 2.45) is 0 Å². The zero-order valence-corrected chi connectivity index (χ0v) is 17.0. The summed E-state index contributed by atoms with van der Waals surface area (Å²) in [6.07, 6.45) is 0.107. The number of thiazole rings is 1. The van der Waals surface area contributed by atoms with E-state index in [1.165, 1.54) is 23.1 Å². The minimum absolute atomic E-state index is 0.0483. The number of ether oxygens (including phenoxy) is 1. The van der Waals surface area contributed by atoms with Gasteiger partial charge in [0.05, 0.1) is 24.5 Å². The fourth-order valence-corrected chi connectivity index (χ4v) is 3.71. The van der Waals surface area contributed by atoms with Crippen LogP contribution in [0.1, 0.15) is 23.7 Å². The molecule has 0 saturated carbocycles. The van der Waals surface area contributed by atoms with E-state index in [-0.39, 0.29) is 18.1 Å². The number of nitrogens with one attached hydrogen (secondary N) is 2. The molecule has 0 spiro atoms. The Bertz CT molecular complexity index is 836. The van der Waals surface area contributed by atoms with Gasteiger partial charge in [0.15, 0.2) is 4.34 Å². The van der Waals surface area contributed by atoms with Gasteiger partial charge >= 0.3 is 12.0 Å². The molecule has 1 aromatic carbocycles. The molecule has 0 unspecified atom stereocenters. The van der Waals surface area contributed by atoms with E-state index in [9.17, 15) is 14.4 Å². The molecule has 3 amide bonds. The van der Waals surface area contributed by atoms with E-state index in [0.29, 0.717) is 22.3 Å². The number of carbonyl (C=O) groups is 3. The highest BCUT2D eigenvalue weighted by Crippen LogP contribution is 2.22. The minimum atomic E-state index is -0.578. The van der Waals surface area contributed by atoms with Crippen molar-refractivity contribution in [3.8, 4) is 0 Å². The maximum atomic E-state index is 11.9. The molecule has 0 radical (unpaired) electrons. The minimum Gasteiger partial charge on any atom is -0.466 e. The molecule has 1 aromatic heterocycles. The van der Waals surface area contributed by atoms with E-state index in [1.807, 2.05) is 26.0 Å². The maximum Gasteiger partial charge on any atom is 0.325 e. The molecule has 144 valence electrons. The van der Waals surface area contributed by atoms with Gasteiger partial charge in [-0.2, -0.15) is 0 Å². The number of aromatic nitrogens is 1. The van der Waals surface area contributed by atoms with Crippen LogP contribution >= 0.6 is 23.1 Å². The first-order chi connectivity index (χ1) is 12.9. The van der Waals surface area contributed by atoms with Crippen LogP contribution in [0.2, 0.25) is 0 Å². The zero-order chi connectivity index (χ0) is 19.8. The molecule has 1 heterocycles. The molecule has 0 aliphatic rings. The summed E-state index contributed by atoms with van der Waals surface area (Å²) in [4.78, 5) is 39.5. The second kappa shape index (κ2) is 10.1. The lowest BCUT2D eigenvalue weighted by molar-refractivity contribution is -0.142. The van der Waals surface area contributed by atoms with Crippen LogP contribution in [0, 0.1) is 13.8 Å². The quantitative estimate of drug-likeness (QED) is 0.540. The lowest BCUT2D eigenvalue weighted by Gasteiger charge is -2.08. The van der Waals surface area contributed by atoms with E-state index in [0.717, 1.165) is 11.1 Å². The Morgan fingerprint density at radius 3 is 2.70 bits per heavy atom. The SMILES string of the molecule is CCOC(=O)Cc1csc(SCC(=O)NC(=O)Nc2ccc(C)c(C)c2)n1. The summed E-state index contributed by atoms with van der Waals surface area (Å²) in [6, 6.07) is 4.95. The first kappa shape index (κ1) is 20.9. The molecule has 0 saturated heterocycles. The third-order valence-corrected chi connectivity index (χ3v) is 5.58. The molecule has 27 heavy (non-hydrogen) atoms. The fraction of sp³-hybridized carbons (Fsp3) is 0.333. The molecular weight excluding hydrogens is 386 g/mol. The summed E-state index contributed by atoms with van der Waals surface area (Å²) < 4.78 is 5.52. The molecule has 0 atom stereocenters. The van der Waals surface area contributed by atoms with Gasteiger partial charge in [0.2, 0.25) is 5.91 Å². The Morgan fingerprint density at radius 2 is 2.00 bits per heavy atom. The van der Waals surface area contributed by atoms with E-state index >= 15 is 0 Å². The van der Waals surface area contributed by atoms with Crippen LogP contribution in [0.15, 0.2) is 27.9 Å². The number of aryl methyl sites for hydroxylation is 2. The highest BCUT2D eigenvalue weighted by atomic mass is 32.2. The average molecular weight is 408 g/mol. The Labute approximate surface area is 165 Å². The lowest BCUT2D eigenvalue weighted by Crippen LogP contribution is -2.35. The van der Waals surface area contributed by atoms with Gasteiger partial charge < -0.3 is 10.1 Å². The molecule has 2 N–H and O–H groups in total. The van der Waals surface area contributed by atoms with Gasteiger partial charge in [0, 0.05) is 11.1 Å². The number of hydrogen-bond acceptors (Lipinski definition) is 7. The van der Waals surface area contributed by atoms with Crippen molar-refractivity contribution in [1.29, 1.82) is 0 Å². The Kier molecular flexibility index (Phi) is 7.81. The second-order valence-corrected chi connectivity index (χ2v) is 7.76. The number of imide groups is 1. The molecule has 9 heteroatoms.